The molecule has 0 saturated carbocycles. The minimum Gasteiger partial charge on any atom is -0.352 e. The van der Waals surface area contributed by atoms with Crippen LogP contribution in [0.5, 0.6) is 0 Å². The van der Waals surface area contributed by atoms with Crippen molar-refractivity contribution < 1.29 is 0 Å². The van der Waals surface area contributed by atoms with Crippen molar-refractivity contribution in [2.45, 2.75) is 25.8 Å². The lowest BCUT2D eigenvalue weighted by atomic mass is 9.97. The lowest BCUT2D eigenvalue weighted by Crippen LogP contribution is -2.40. The first kappa shape index (κ1) is 10.6. The maximum Gasteiger partial charge on any atom is 0.127 e. The van der Waals surface area contributed by atoms with E-state index in [0.29, 0.717) is 6.04 Å². The van der Waals surface area contributed by atoms with Crippen LogP contribution in [0.3, 0.4) is 0 Å². The predicted octanol–water partition coefficient (Wildman–Crippen LogP) is 2.66. The van der Waals surface area contributed by atoms with Crippen molar-refractivity contribution in [1.82, 2.24) is 4.90 Å². The van der Waals surface area contributed by atoms with E-state index in [2.05, 4.69) is 53.2 Å². The molecule has 0 spiro atoms. The summed E-state index contributed by atoms with van der Waals surface area (Å²) in [5, 5.41) is 0. The summed E-state index contributed by atoms with van der Waals surface area (Å²) >= 11 is 0. The Hall–Kier alpha value is -1.57. The van der Waals surface area contributed by atoms with E-state index in [1.165, 1.54) is 17.0 Å². The van der Waals surface area contributed by atoms with E-state index < -0.39 is 0 Å². The Kier molecular flexibility index (Phi) is 2.71. The van der Waals surface area contributed by atoms with Gasteiger partial charge in [0, 0.05) is 19.0 Å². The molecule has 1 atom stereocenters. The number of nitrogens with zero attached hydrogens (tertiary/aromatic N) is 2. The Bertz CT molecular complexity index is 459. The molecule has 0 aromatic heterocycles. The van der Waals surface area contributed by atoms with Crippen LogP contribution in [0.2, 0.25) is 0 Å². The van der Waals surface area contributed by atoms with Gasteiger partial charge in [-0.25, -0.2) is 0 Å². The van der Waals surface area contributed by atoms with Crippen molar-refractivity contribution in [2.24, 2.45) is 4.99 Å². The number of benzene rings is 1. The van der Waals surface area contributed by atoms with Crippen LogP contribution >= 0.6 is 0 Å². The molecule has 1 aromatic rings. The highest BCUT2D eigenvalue weighted by molar-refractivity contribution is 6.00. The van der Waals surface area contributed by atoms with Gasteiger partial charge in [-0.3, -0.25) is 4.99 Å². The van der Waals surface area contributed by atoms with Gasteiger partial charge in [0.2, 0.25) is 0 Å². The number of hydrogen-bond donors (Lipinski definition) is 0. The number of fused-ring (bicyclic) bond motifs is 1. The average Bonchev–Trinajstić information content (AvgIpc) is 2.84. The van der Waals surface area contributed by atoms with Gasteiger partial charge in [0.05, 0.1) is 6.54 Å². The summed E-state index contributed by atoms with van der Waals surface area (Å²) in [5.74, 6) is 1.24. The van der Waals surface area contributed by atoms with Gasteiger partial charge in [-0.2, -0.15) is 0 Å². The van der Waals surface area contributed by atoms with Crippen molar-refractivity contribution in [3.63, 3.8) is 0 Å². The van der Waals surface area contributed by atoms with Crippen molar-refractivity contribution in [1.29, 1.82) is 0 Å². The van der Waals surface area contributed by atoms with E-state index >= 15 is 0 Å². The van der Waals surface area contributed by atoms with E-state index in [9.17, 15) is 0 Å². The first-order valence-corrected chi connectivity index (χ1v) is 6.39. The molecule has 2 nitrogen and oxygen atoms in total. The second-order valence-corrected chi connectivity index (χ2v) is 4.88. The number of hydrogen-bond acceptors (Lipinski definition) is 2. The third kappa shape index (κ3) is 1.99. The van der Waals surface area contributed by atoms with Crippen molar-refractivity contribution in [3.05, 3.63) is 47.5 Å². The molecule has 2 heteroatoms. The molecule has 0 bridgehead atoms. The number of aliphatic imine (C=N–C) groups is 1. The highest BCUT2D eigenvalue weighted by Gasteiger charge is 2.27. The molecule has 2 aliphatic rings. The van der Waals surface area contributed by atoms with Crippen LogP contribution in [0.1, 0.15) is 18.9 Å². The summed E-state index contributed by atoms with van der Waals surface area (Å²) in [6.45, 7) is 4.35. The Morgan fingerprint density at radius 2 is 2.12 bits per heavy atom. The second kappa shape index (κ2) is 4.36. The summed E-state index contributed by atoms with van der Waals surface area (Å²) in [5.41, 5.74) is 2.79. The van der Waals surface area contributed by atoms with Gasteiger partial charge in [0.25, 0.3) is 0 Å². The highest BCUT2D eigenvalue weighted by Crippen LogP contribution is 2.24. The van der Waals surface area contributed by atoms with Gasteiger partial charge in [0.15, 0.2) is 0 Å². The maximum absolute atomic E-state index is 4.66. The monoisotopic (exact) mass is 226 g/mol. The van der Waals surface area contributed by atoms with Crippen LogP contribution < -0.4 is 0 Å². The molecule has 3 rings (SSSR count). The van der Waals surface area contributed by atoms with E-state index in [0.717, 1.165) is 25.9 Å². The largest absolute Gasteiger partial charge is 0.352 e. The van der Waals surface area contributed by atoms with Crippen LogP contribution in [-0.2, 0) is 6.42 Å². The smallest absolute Gasteiger partial charge is 0.127 e. The molecule has 88 valence electrons. The zero-order valence-corrected chi connectivity index (χ0v) is 10.3. The molecule has 0 radical (unpaired) electrons. The van der Waals surface area contributed by atoms with Crippen LogP contribution in [0.4, 0.5) is 0 Å². The summed E-state index contributed by atoms with van der Waals surface area (Å²) < 4.78 is 0. The summed E-state index contributed by atoms with van der Waals surface area (Å²) in [6, 6.07) is 11.3. The molecule has 0 saturated heterocycles. The van der Waals surface area contributed by atoms with Crippen molar-refractivity contribution >= 4 is 5.84 Å². The molecule has 2 aliphatic heterocycles. The first-order valence-electron chi connectivity index (χ1n) is 6.39. The third-order valence-electron chi connectivity index (χ3n) is 3.64. The van der Waals surface area contributed by atoms with Gasteiger partial charge in [-0.05, 0) is 24.5 Å². The molecule has 0 fully saturated rings. The normalized spacial score (nSPS) is 23.1. The average molecular weight is 226 g/mol. The Morgan fingerprint density at radius 3 is 2.94 bits per heavy atom. The molecular weight excluding hydrogens is 208 g/mol. The van der Waals surface area contributed by atoms with Gasteiger partial charge in [-0.1, -0.05) is 36.4 Å². The molecule has 2 heterocycles. The molecule has 17 heavy (non-hydrogen) atoms. The Morgan fingerprint density at radius 1 is 1.29 bits per heavy atom. The van der Waals surface area contributed by atoms with E-state index in [4.69, 9.17) is 0 Å². The Labute approximate surface area is 103 Å². The Balaban J connectivity index is 1.84. The first-order chi connectivity index (χ1) is 8.34. The summed E-state index contributed by atoms with van der Waals surface area (Å²) in [6.07, 6.45) is 4.54. The van der Waals surface area contributed by atoms with Crippen LogP contribution in [-0.4, -0.2) is 29.9 Å². The fraction of sp³-hybridized carbons (Fsp3) is 0.400. The molecule has 1 aromatic carbocycles. The van der Waals surface area contributed by atoms with Crippen LogP contribution in [0.25, 0.3) is 0 Å². The topological polar surface area (TPSA) is 15.6 Å². The zero-order valence-electron chi connectivity index (χ0n) is 10.3. The molecule has 0 N–H and O–H groups in total. The molecule has 1 unspecified atom stereocenters. The third-order valence-corrected chi connectivity index (χ3v) is 3.64. The summed E-state index contributed by atoms with van der Waals surface area (Å²) in [4.78, 5) is 7.12. The standard InChI is InChI=1S/C15H18N2/c1-12-7-8-14(15-16-9-10-17(12)15)11-13-5-3-2-4-6-13/h2-6,8,12H,7,9-11H2,1H3. The SMILES string of the molecule is CC1CC=C(Cc2ccccc2)C2=NCCN21. The number of amidine groups is 1. The fourth-order valence-corrected chi connectivity index (χ4v) is 2.67. The maximum atomic E-state index is 4.66. The van der Waals surface area contributed by atoms with Crippen molar-refractivity contribution in [3.8, 4) is 0 Å². The molecule has 0 amide bonds. The minimum atomic E-state index is 0.621. The van der Waals surface area contributed by atoms with Crippen molar-refractivity contribution in [2.75, 3.05) is 13.1 Å². The quantitative estimate of drug-likeness (QED) is 0.757. The summed E-state index contributed by atoms with van der Waals surface area (Å²) in [7, 11) is 0. The van der Waals surface area contributed by atoms with E-state index in [1.807, 2.05) is 0 Å². The van der Waals surface area contributed by atoms with E-state index in [-0.39, 0.29) is 0 Å². The lowest BCUT2D eigenvalue weighted by molar-refractivity contribution is 0.351. The van der Waals surface area contributed by atoms with Gasteiger partial charge in [-0.15, -0.1) is 0 Å². The lowest BCUT2D eigenvalue weighted by Gasteiger charge is -2.32. The number of rotatable bonds is 2. The van der Waals surface area contributed by atoms with Gasteiger partial charge >= 0.3 is 0 Å². The predicted molar refractivity (Wildman–Crippen MR) is 71.3 cm³/mol. The van der Waals surface area contributed by atoms with Gasteiger partial charge < -0.3 is 4.90 Å². The minimum absolute atomic E-state index is 0.621. The van der Waals surface area contributed by atoms with Crippen LogP contribution in [0, 0.1) is 0 Å². The fourth-order valence-electron chi connectivity index (χ4n) is 2.67. The second-order valence-electron chi connectivity index (χ2n) is 4.88. The molecular formula is C15H18N2. The van der Waals surface area contributed by atoms with E-state index in [1.54, 1.807) is 0 Å². The molecule has 0 aliphatic carbocycles. The zero-order chi connectivity index (χ0) is 11.7. The van der Waals surface area contributed by atoms with Crippen LogP contribution in [0.15, 0.2) is 47.0 Å². The van der Waals surface area contributed by atoms with Gasteiger partial charge in [0.1, 0.15) is 5.84 Å². The highest BCUT2D eigenvalue weighted by atomic mass is 15.3.